The number of hydrogen-bond donors (Lipinski definition) is 1. The molecule has 0 spiro atoms. The lowest BCUT2D eigenvalue weighted by molar-refractivity contribution is 0.472. The Bertz CT molecular complexity index is 360. The monoisotopic (exact) mass is 287 g/mol. The Balaban J connectivity index is 2.53. The van der Waals surface area contributed by atoms with Crippen molar-refractivity contribution in [2.75, 3.05) is 18.1 Å². The van der Waals surface area contributed by atoms with Gasteiger partial charge in [-0.25, -0.2) is 9.97 Å². The second-order valence-electron chi connectivity index (χ2n) is 4.36. The Morgan fingerprint density at radius 3 is 2.78 bits per heavy atom. The van der Waals surface area contributed by atoms with Gasteiger partial charge in [-0.2, -0.15) is 0 Å². The van der Waals surface area contributed by atoms with Gasteiger partial charge in [0.15, 0.2) is 5.16 Å². The number of unbranched alkanes of at least 4 members (excludes halogenated alkanes) is 1. The largest absolute Gasteiger partial charge is 0.370 e. The fourth-order valence-corrected chi connectivity index (χ4v) is 2.38. The van der Waals surface area contributed by atoms with E-state index in [9.17, 15) is 0 Å². The summed E-state index contributed by atoms with van der Waals surface area (Å²) >= 11 is 7.46. The average Bonchev–Trinajstić information content (AvgIpc) is 2.38. The maximum Gasteiger partial charge on any atom is 0.190 e. The van der Waals surface area contributed by atoms with Gasteiger partial charge in [0, 0.05) is 12.6 Å². The third-order valence-corrected chi connectivity index (χ3v) is 3.71. The number of nitrogens with zero attached hydrogens (tertiary/aromatic N) is 2. The maximum atomic E-state index is 5.96. The fraction of sp³-hybridized carbons (Fsp3) is 0.692. The lowest BCUT2D eigenvalue weighted by Gasteiger charge is -2.15. The van der Waals surface area contributed by atoms with Crippen LogP contribution in [-0.4, -0.2) is 22.8 Å². The predicted octanol–water partition coefficient (Wildman–Crippen LogP) is 4.48. The molecule has 1 unspecified atom stereocenters. The van der Waals surface area contributed by atoms with Crippen molar-refractivity contribution in [3.8, 4) is 0 Å². The Morgan fingerprint density at radius 2 is 2.17 bits per heavy atom. The lowest BCUT2D eigenvalue weighted by Crippen LogP contribution is -2.14. The molecule has 0 bridgehead atoms. The van der Waals surface area contributed by atoms with Gasteiger partial charge in [-0.3, -0.25) is 0 Å². The molecule has 0 amide bonds. The minimum Gasteiger partial charge on any atom is -0.370 e. The van der Waals surface area contributed by atoms with Crippen LogP contribution in [0.2, 0.25) is 5.15 Å². The zero-order valence-corrected chi connectivity index (χ0v) is 12.9. The SMILES string of the molecule is CCCCC(CC)CNc1cc(Cl)nc(SC)n1. The van der Waals surface area contributed by atoms with Gasteiger partial charge >= 0.3 is 0 Å². The van der Waals surface area contributed by atoms with E-state index >= 15 is 0 Å². The van der Waals surface area contributed by atoms with E-state index in [-0.39, 0.29) is 0 Å². The highest BCUT2D eigenvalue weighted by atomic mass is 35.5. The molecule has 1 N–H and O–H groups in total. The number of hydrogen-bond acceptors (Lipinski definition) is 4. The first-order chi connectivity index (χ1) is 8.69. The minimum atomic E-state index is 0.499. The first kappa shape index (κ1) is 15.6. The van der Waals surface area contributed by atoms with Gasteiger partial charge in [0.1, 0.15) is 11.0 Å². The number of thioether (sulfide) groups is 1. The van der Waals surface area contributed by atoms with Crippen molar-refractivity contribution in [3.05, 3.63) is 11.2 Å². The molecule has 0 aliphatic heterocycles. The van der Waals surface area contributed by atoms with Crippen LogP contribution in [0, 0.1) is 5.92 Å². The lowest BCUT2D eigenvalue weighted by atomic mass is 9.99. The van der Waals surface area contributed by atoms with Crippen molar-refractivity contribution >= 4 is 29.2 Å². The molecule has 1 aromatic rings. The van der Waals surface area contributed by atoms with Crippen LogP contribution < -0.4 is 5.32 Å². The van der Waals surface area contributed by atoms with Crippen LogP contribution in [0.25, 0.3) is 0 Å². The molecule has 1 rings (SSSR count). The highest BCUT2D eigenvalue weighted by Crippen LogP contribution is 2.19. The van der Waals surface area contributed by atoms with E-state index in [0.717, 1.165) is 12.4 Å². The molecule has 1 atom stereocenters. The highest BCUT2D eigenvalue weighted by molar-refractivity contribution is 7.98. The molecule has 102 valence electrons. The topological polar surface area (TPSA) is 37.8 Å². The third-order valence-electron chi connectivity index (χ3n) is 2.97. The quantitative estimate of drug-likeness (QED) is 0.435. The van der Waals surface area contributed by atoms with Crippen LogP contribution in [0.1, 0.15) is 39.5 Å². The van der Waals surface area contributed by atoms with E-state index in [2.05, 4.69) is 29.1 Å². The van der Waals surface area contributed by atoms with Gasteiger partial charge in [-0.05, 0) is 18.6 Å². The van der Waals surface area contributed by atoms with E-state index in [0.29, 0.717) is 16.2 Å². The molecule has 0 aromatic carbocycles. The highest BCUT2D eigenvalue weighted by Gasteiger charge is 2.07. The van der Waals surface area contributed by atoms with Crippen LogP contribution in [0.4, 0.5) is 5.82 Å². The molecule has 18 heavy (non-hydrogen) atoms. The summed E-state index contributed by atoms with van der Waals surface area (Å²) < 4.78 is 0. The first-order valence-corrected chi connectivity index (χ1v) is 8.12. The Morgan fingerprint density at radius 1 is 1.39 bits per heavy atom. The number of aromatic nitrogens is 2. The van der Waals surface area contributed by atoms with E-state index < -0.39 is 0 Å². The smallest absolute Gasteiger partial charge is 0.190 e. The summed E-state index contributed by atoms with van der Waals surface area (Å²) in [5.74, 6) is 1.53. The molecular weight excluding hydrogens is 266 g/mol. The number of rotatable bonds is 8. The standard InChI is InChI=1S/C13H22ClN3S/c1-4-6-7-10(5-2)9-15-12-8-11(14)16-13(17-12)18-3/h8,10H,4-7,9H2,1-3H3,(H,15,16,17). The van der Waals surface area contributed by atoms with Crippen LogP contribution in [0.5, 0.6) is 0 Å². The Kier molecular flexibility index (Phi) is 7.44. The average molecular weight is 288 g/mol. The van der Waals surface area contributed by atoms with Gasteiger partial charge in [-0.15, -0.1) is 0 Å². The Labute approximate surface area is 119 Å². The molecule has 0 aliphatic rings. The molecular formula is C13H22ClN3S. The molecule has 0 radical (unpaired) electrons. The van der Waals surface area contributed by atoms with Crippen molar-refractivity contribution in [1.82, 2.24) is 9.97 Å². The molecule has 0 fully saturated rings. The fourth-order valence-electron chi connectivity index (χ4n) is 1.77. The zero-order chi connectivity index (χ0) is 13.4. The number of nitrogens with one attached hydrogen (secondary N) is 1. The summed E-state index contributed by atoms with van der Waals surface area (Å²) in [4.78, 5) is 8.52. The molecule has 5 heteroatoms. The van der Waals surface area contributed by atoms with Gasteiger partial charge in [-0.1, -0.05) is 56.5 Å². The summed E-state index contributed by atoms with van der Waals surface area (Å²) in [5.41, 5.74) is 0. The second-order valence-corrected chi connectivity index (χ2v) is 5.52. The van der Waals surface area contributed by atoms with Crippen LogP contribution in [-0.2, 0) is 0 Å². The normalized spacial score (nSPS) is 12.4. The third kappa shape index (κ3) is 5.44. The summed E-state index contributed by atoms with van der Waals surface area (Å²) in [5, 5.41) is 4.58. The van der Waals surface area contributed by atoms with Gasteiger partial charge in [0.25, 0.3) is 0 Å². The van der Waals surface area contributed by atoms with Crippen molar-refractivity contribution < 1.29 is 0 Å². The van der Waals surface area contributed by atoms with Gasteiger partial charge in [0.05, 0.1) is 0 Å². The predicted molar refractivity (Wildman–Crippen MR) is 80.6 cm³/mol. The van der Waals surface area contributed by atoms with Crippen molar-refractivity contribution in [1.29, 1.82) is 0 Å². The van der Waals surface area contributed by atoms with Crippen LogP contribution in [0.15, 0.2) is 11.2 Å². The van der Waals surface area contributed by atoms with Crippen molar-refractivity contribution in [2.45, 2.75) is 44.7 Å². The molecule has 3 nitrogen and oxygen atoms in total. The van der Waals surface area contributed by atoms with E-state index in [4.69, 9.17) is 11.6 Å². The van der Waals surface area contributed by atoms with Gasteiger partial charge in [0.2, 0.25) is 0 Å². The van der Waals surface area contributed by atoms with Crippen molar-refractivity contribution in [3.63, 3.8) is 0 Å². The summed E-state index contributed by atoms with van der Waals surface area (Å²) in [6.45, 7) is 5.43. The molecule has 1 aromatic heterocycles. The molecule has 1 heterocycles. The first-order valence-electron chi connectivity index (χ1n) is 6.52. The van der Waals surface area contributed by atoms with Crippen LogP contribution in [0.3, 0.4) is 0 Å². The second kappa shape index (κ2) is 8.59. The zero-order valence-electron chi connectivity index (χ0n) is 11.4. The van der Waals surface area contributed by atoms with Crippen LogP contribution >= 0.6 is 23.4 Å². The molecule has 0 aliphatic carbocycles. The molecule has 0 saturated carbocycles. The molecule has 0 saturated heterocycles. The number of halogens is 1. The maximum absolute atomic E-state index is 5.96. The summed E-state index contributed by atoms with van der Waals surface area (Å²) in [6.07, 6.45) is 6.97. The van der Waals surface area contributed by atoms with E-state index in [1.165, 1.54) is 37.4 Å². The number of anilines is 1. The van der Waals surface area contributed by atoms with Gasteiger partial charge < -0.3 is 5.32 Å². The van der Waals surface area contributed by atoms with Crippen molar-refractivity contribution in [2.24, 2.45) is 5.92 Å². The minimum absolute atomic E-state index is 0.499. The van der Waals surface area contributed by atoms with E-state index in [1.807, 2.05) is 6.26 Å². The summed E-state index contributed by atoms with van der Waals surface area (Å²) in [7, 11) is 0. The summed E-state index contributed by atoms with van der Waals surface area (Å²) in [6, 6.07) is 1.79. The Hall–Kier alpha value is -0.480. The van der Waals surface area contributed by atoms with E-state index in [1.54, 1.807) is 6.07 Å².